The summed E-state index contributed by atoms with van der Waals surface area (Å²) in [7, 11) is 3.29. The maximum absolute atomic E-state index is 12.9. The van der Waals surface area contributed by atoms with E-state index in [1.165, 1.54) is 0 Å². The van der Waals surface area contributed by atoms with Crippen molar-refractivity contribution >= 4 is 12.0 Å². The number of amides is 2. The molecule has 46 heavy (non-hydrogen) atoms. The Morgan fingerprint density at radius 1 is 1.02 bits per heavy atom. The molecule has 2 amide bonds. The zero-order valence-corrected chi connectivity index (χ0v) is 29.6. The highest BCUT2D eigenvalue weighted by Crippen LogP contribution is 2.32. The molecule has 1 fully saturated rings. The topological polar surface area (TPSA) is 128 Å². The highest BCUT2D eigenvalue weighted by atomic mass is 16.6. The second-order valence-corrected chi connectivity index (χ2v) is 13.7. The van der Waals surface area contributed by atoms with Crippen molar-refractivity contribution in [2.45, 2.75) is 91.4 Å². The van der Waals surface area contributed by atoms with Crippen LogP contribution in [-0.4, -0.2) is 107 Å². The molecule has 3 N–H and O–H groups in total. The molecular formula is C35H61N3O8. The van der Waals surface area contributed by atoms with Crippen LogP contribution in [0.1, 0.15) is 72.8 Å². The Kier molecular flexibility index (Phi) is 17.7. The number of morpholine rings is 1. The van der Waals surface area contributed by atoms with Gasteiger partial charge in [0.2, 0.25) is 5.91 Å². The number of nitrogens with zero attached hydrogens (tertiary/aromatic N) is 1. The number of methoxy groups -OCH3 is 2. The van der Waals surface area contributed by atoms with Crippen LogP contribution in [0.5, 0.6) is 11.5 Å². The number of aliphatic hydroxyl groups excluding tert-OH is 1. The fourth-order valence-corrected chi connectivity index (χ4v) is 5.48. The average Bonchev–Trinajstić information content (AvgIpc) is 3.00. The van der Waals surface area contributed by atoms with E-state index in [0.717, 1.165) is 51.3 Å². The molecule has 0 saturated carbocycles. The van der Waals surface area contributed by atoms with Crippen LogP contribution in [0.3, 0.4) is 0 Å². The standard InChI is InChI=1S/C35H61N3O8/c1-25(2)28(22-27-11-12-31(43-8)32(23-27)45-18-10-17-42-7)24-29(37-34(41)46-35(4,5)6)30(39)21-26(3)33(40)36-13-9-14-38-15-19-44-20-16-38/h11-12,23,25-26,28-30,39H,9-10,13-22,24H2,1-8H3,(H,36,40)(H,37,41). The molecule has 0 radical (unpaired) electrons. The van der Waals surface area contributed by atoms with Gasteiger partial charge in [-0.15, -0.1) is 0 Å². The molecule has 4 unspecified atom stereocenters. The number of nitrogens with one attached hydrogen (secondary N) is 2. The highest BCUT2D eigenvalue weighted by molar-refractivity contribution is 5.78. The number of carbonyl (C=O) groups is 2. The van der Waals surface area contributed by atoms with Gasteiger partial charge in [0.1, 0.15) is 5.60 Å². The lowest BCUT2D eigenvalue weighted by Crippen LogP contribution is -2.48. The lowest BCUT2D eigenvalue weighted by atomic mass is 9.82. The van der Waals surface area contributed by atoms with Crippen molar-refractivity contribution in [2.75, 3.05) is 66.8 Å². The van der Waals surface area contributed by atoms with E-state index < -0.39 is 29.8 Å². The molecule has 1 saturated heterocycles. The number of carbonyl (C=O) groups excluding carboxylic acids is 2. The third-order valence-electron chi connectivity index (χ3n) is 8.24. The fraction of sp³-hybridized carbons (Fsp3) is 0.771. The molecule has 264 valence electrons. The van der Waals surface area contributed by atoms with Gasteiger partial charge < -0.3 is 39.4 Å². The van der Waals surface area contributed by atoms with Crippen molar-refractivity contribution in [1.82, 2.24) is 15.5 Å². The first kappa shape index (κ1) is 39.6. The predicted molar refractivity (Wildman–Crippen MR) is 179 cm³/mol. The molecule has 1 aliphatic heterocycles. The van der Waals surface area contributed by atoms with E-state index in [-0.39, 0.29) is 24.2 Å². The number of hydrogen-bond donors (Lipinski definition) is 3. The summed E-state index contributed by atoms with van der Waals surface area (Å²) in [5.41, 5.74) is 0.380. The molecule has 11 nitrogen and oxygen atoms in total. The van der Waals surface area contributed by atoms with E-state index in [4.69, 9.17) is 23.7 Å². The molecule has 4 atom stereocenters. The van der Waals surface area contributed by atoms with Crippen LogP contribution in [0.15, 0.2) is 18.2 Å². The minimum Gasteiger partial charge on any atom is -0.493 e. The van der Waals surface area contributed by atoms with Crippen molar-refractivity contribution in [3.63, 3.8) is 0 Å². The summed E-state index contributed by atoms with van der Waals surface area (Å²) in [6.45, 7) is 17.5. The maximum Gasteiger partial charge on any atom is 0.407 e. The Morgan fingerprint density at radius 2 is 1.74 bits per heavy atom. The minimum atomic E-state index is -0.946. The molecular weight excluding hydrogens is 590 g/mol. The quantitative estimate of drug-likeness (QED) is 0.176. The third-order valence-corrected chi connectivity index (χ3v) is 8.24. The van der Waals surface area contributed by atoms with Crippen LogP contribution >= 0.6 is 0 Å². The van der Waals surface area contributed by atoms with Gasteiger partial charge in [0.05, 0.1) is 39.1 Å². The van der Waals surface area contributed by atoms with Crippen LogP contribution in [0.4, 0.5) is 4.79 Å². The lowest BCUT2D eigenvalue weighted by molar-refractivity contribution is -0.125. The smallest absolute Gasteiger partial charge is 0.407 e. The molecule has 0 aromatic heterocycles. The van der Waals surface area contributed by atoms with Crippen molar-refractivity contribution in [1.29, 1.82) is 0 Å². The van der Waals surface area contributed by atoms with Crippen LogP contribution in [0.25, 0.3) is 0 Å². The molecule has 0 bridgehead atoms. The van der Waals surface area contributed by atoms with Gasteiger partial charge in [-0.1, -0.05) is 26.8 Å². The minimum absolute atomic E-state index is 0.103. The van der Waals surface area contributed by atoms with Gasteiger partial charge in [-0.05, 0) is 82.5 Å². The molecule has 1 aromatic rings. The lowest BCUT2D eigenvalue weighted by Gasteiger charge is -2.32. The van der Waals surface area contributed by atoms with Gasteiger partial charge in [0.25, 0.3) is 0 Å². The van der Waals surface area contributed by atoms with Crippen LogP contribution in [-0.2, 0) is 25.4 Å². The van der Waals surface area contributed by atoms with Gasteiger partial charge in [0.15, 0.2) is 11.5 Å². The number of benzene rings is 1. The zero-order chi connectivity index (χ0) is 34.1. The van der Waals surface area contributed by atoms with Gasteiger partial charge in [0, 0.05) is 45.7 Å². The Hall–Kier alpha value is -2.60. The first-order chi connectivity index (χ1) is 21.8. The van der Waals surface area contributed by atoms with Crippen LogP contribution in [0, 0.1) is 17.8 Å². The number of ether oxygens (including phenoxy) is 5. The largest absolute Gasteiger partial charge is 0.493 e. The fourth-order valence-electron chi connectivity index (χ4n) is 5.48. The van der Waals surface area contributed by atoms with Gasteiger partial charge in [-0.2, -0.15) is 0 Å². The predicted octanol–water partition coefficient (Wildman–Crippen LogP) is 4.43. The summed E-state index contributed by atoms with van der Waals surface area (Å²) < 4.78 is 27.6. The SMILES string of the molecule is COCCCOc1cc(CC(CC(NC(=O)OC(C)(C)C)C(O)CC(C)C(=O)NCCCN2CCOCC2)C(C)C)ccc1OC. The Balaban J connectivity index is 2.09. The molecule has 1 aromatic carbocycles. The average molecular weight is 652 g/mol. The second kappa shape index (κ2) is 20.6. The number of rotatable bonds is 20. The van der Waals surface area contributed by atoms with Crippen molar-refractivity contribution < 1.29 is 38.4 Å². The molecule has 2 rings (SSSR count). The van der Waals surface area contributed by atoms with Gasteiger partial charge in [-0.3, -0.25) is 9.69 Å². The number of hydrogen-bond acceptors (Lipinski definition) is 9. The van der Waals surface area contributed by atoms with Crippen molar-refractivity contribution in [2.24, 2.45) is 17.8 Å². The summed E-state index contributed by atoms with van der Waals surface area (Å²) in [6, 6.07) is 5.32. The van der Waals surface area contributed by atoms with Crippen LogP contribution in [0.2, 0.25) is 0 Å². The first-order valence-electron chi connectivity index (χ1n) is 16.9. The number of aliphatic hydroxyl groups is 1. The summed E-state index contributed by atoms with van der Waals surface area (Å²) in [5, 5.41) is 17.4. The molecule has 0 spiro atoms. The molecule has 0 aliphatic carbocycles. The van der Waals surface area contributed by atoms with Crippen LogP contribution < -0.4 is 20.1 Å². The Morgan fingerprint density at radius 3 is 2.37 bits per heavy atom. The normalized spacial score (nSPS) is 16.7. The van der Waals surface area contributed by atoms with E-state index in [1.54, 1.807) is 35.0 Å². The zero-order valence-electron chi connectivity index (χ0n) is 29.6. The van der Waals surface area contributed by atoms with Gasteiger partial charge >= 0.3 is 6.09 Å². The monoisotopic (exact) mass is 651 g/mol. The number of alkyl carbamates (subject to hydrolysis) is 1. The van der Waals surface area contributed by atoms with Gasteiger partial charge in [-0.25, -0.2) is 4.79 Å². The second-order valence-electron chi connectivity index (χ2n) is 13.7. The summed E-state index contributed by atoms with van der Waals surface area (Å²) in [6.07, 6.45) is 1.50. The van der Waals surface area contributed by atoms with E-state index in [0.29, 0.717) is 44.1 Å². The van der Waals surface area contributed by atoms with Crippen molar-refractivity contribution in [3.05, 3.63) is 23.8 Å². The van der Waals surface area contributed by atoms with E-state index in [1.807, 2.05) is 25.1 Å². The third kappa shape index (κ3) is 15.3. The van der Waals surface area contributed by atoms with E-state index in [9.17, 15) is 14.7 Å². The summed E-state index contributed by atoms with van der Waals surface area (Å²) in [4.78, 5) is 28.2. The van der Waals surface area contributed by atoms with Crippen molar-refractivity contribution in [3.8, 4) is 11.5 Å². The maximum atomic E-state index is 12.9. The molecule has 11 heteroatoms. The first-order valence-corrected chi connectivity index (χ1v) is 16.9. The molecule has 1 aliphatic rings. The highest BCUT2D eigenvalue weighted by Gasteiger charge is 2.31. The molecule has 1 heterocycles. The Labute approximate surface area is 277 Å². The van der Waals surface area contributed by atoms with E-state index >= 15 is 0 Å². The summed E-state index contributed by atoms with van der Waals surface area (Å²) in [5.74, 6) is 1.15. The Bertz CT molecular complexity index is 1030. The summed E-state index contributed by atoms with van der Waals surface area (Å²) >= 11 is 0. The van der Waals surface area contributed by atoms with E-state index in [2.05, 4.69) is 29.4 Å².